The molecule has 0 aliphatic heterocycles. The van der Waals surface area contributed by atoms with Crippen LogP contribution in [0.3, 0.4) is 0 Å². The molecule has 0 unspecified atom stereocenters. The van der Waals surface area contributed by atoms with Gasteiger partial charge in [-0.3, -0.25) is 9.59 Å². The zero-order valence-electron chi connectivity index (χ0n) is 20.1. The Hall–Kier alpha value is -1.83. The molecule has 0 saturated heterocycles. The van der Waals surface area contributed by atoms with E-state index in [2.05, 4.69) is 0 Å². The molecule has 3 rings (SSSR count). The van der Waals surface area contributed by atoms with Gasteiger partial charge in [0.2, 0.25) is 0 Å². The van der Waals surface area contributed by atoms with E-state index in [1.807, 2.05) is 20.8 Å². The fourth-order valence-corrected chi connectivity index (χ4v) is 6.85. The first-order chi connectivity index (χ1) is 14.6. The van der Waals surface area contributed by atoms with Gasteiger partial charge in [-0.1, -0.05) is 39.8 Å². The number of hydrogen-bond donors (Lipinski definition) is 3. The van der Waals surface area contributed by atoms with Crippen LogP contribution in [0.2, 0.25) is 0 Å². The maximum absolute atomic E-state index is 13.0. The van der Waals surface area contributed by atoms with Gasteiger partial charge in [-0.25, -0.2) is 0 Å². The summed E-state index contributed by atoms with van der Waals surface area (Å²) >= 11 is 0. The third kappa shape index (κ3) is 3.16. The van der Waals surface area contributed by atoms with Crippen LogP contribution in [0.1, 0.15) is 61.3 Å². The average molecular weight is 449 g/mol. The minimum atomic E-state index is -1.90. The van der Waals surface area contributed by atoms with Crippen molar-refractivity contribution in [2.75, 3.05) is 6.61 Å². The molecule has 0 spiro atoms. The Bertz CT molecular complexity index is 915. The highest BCUT2D eigenvalue weighted by atomic mass is 16.5. The number of esters is 1. The van der Waals surface area contributed by atoms with Crippen molar-refractivity contribution >= 4 is 17.5 Å². The van der Waals surface area contributed by atoms with Gasteiger partial charge in [-0.2, -0.15) is 0 Å². The third-order valence-corrected chi connectivity index (χ3v) is 8.75. The van der Waals surface area contributed by atoms with Crippen molar-refractivity contribution in [1.82, 2.24) is 0 Å². The summed E-state index contributed by atoms with van der Waals surface area (Å²) < 4.78 is 5.79. The number of rotatable bonds is 4. The molecule has 32 heavy (non-hydrogen) atoms. The van der Waals surface area contributed by atoms with Crippen LogP contribution in [-0.4, -0.2) is 56.8 Å². The molecule has 0 heterocycles. The zero-order valence-corrected chi connectivity index (χ0v) is 20.1. The van der Waals surface area contributed by atoms with Crippen LogP contribution in [0.25, 0.3) is 0 Å². The Morgan fingerprint density at radius 1 is 1.12 bits per heavy atom. The van der Waals surface area contributed by atoms with Crippen LogP contribution in [0, 0.1) is 28.6 Å². The van der Waals surface area contributed by atoms with Gasteiger partial charge >= 0.3 is 5.97 Å². The summed E-state index contributed by atoms with van der Waals surface area (Å²) in [4.78, 5) is 37.5. The summed E-state index contributed by atoms with van der Waals surface area (Å²) in [6, 6.07) is 0. The standard InChI is InChI=1S/C25H36O7/c1-13-8-19-24(30,20(13)29)11-17(12-26)9-18-22(5,6)23(7,10-14(2)27)21(32-16(4)28)15(3)25(18,19)31/h8-9,15,18-19,21,26,30-31H,10-12H2,1-7H3/t15-,18+,19-,21-,23-,24-,25-/m1/s1. The van der Waals surface area contributed by atoms with Crippen LogP contribution < -0.4 is 0 Å². The highest BCUT2D eigenvalue weighted by Crippen LogP contribution is 2.66. The minimum Gasteiger partial charge on any atom is -0.462 e. The minimum absolute atomic E-state index is 0.0707. The lowest BCUT2D eigenvalue weighted by Crippen LogP contribution is -2.71. The Kier molecular flexibility index (Phi) is 5.90. The van der Waals surface area contributed by atoms with Crippen LogP contribution in [0.15, 0.2) is 23.3 Å². The first-order valence-electron chi connectivity index (χ1n) is 11.2. The zero-order chi connectivity index (χ0) is 24.4. The van der Waals surface area contributed by atoms with E-state index in [1.165, 1.54) is 13.8 Å². The van der Waals surface area contributed by atoms with E-state index in [1.54, 1.807) is 26.0 Å². The average Bonchev–Trinajstić information content (AvgIpc) is 2.84. The number of ketones is 2. The number of fused-ring (bicyclic) bond motifs is 3. The predicted molar refractivity (Wildman–Crippen MR) is 117 cm³/mol. The quantitative estimate of drug-likeness (QED) is 0.445. The number of Topliss-reactive ketones (excluding diaryl/α,β-unsaturated/α-hetero) is 2. The molecule has 0 radical (unpaired) electrons. The van der Waals surface area contributed by atoms with Crippen LogP contribution in [-0.2, 0) is 19.1 Å². The lowest BCUT2D eigenvalue weighted by Gasteiger charge is -2.65. The maximum atomic E-state index is 13.0. The molecule has 178 valence electrons. The molecule has 1 fully saturated rings. The summed E-state index contributed by atoms with van der Waals surface area (Å²) in [5.41, 5.74) is -4.40. The Morgan fingerprint density at radius 3 is 2.22 bits per heavy atom. The van der Waals surface area contributed by atoms with Gasteiger partial charge in [0.1, 0.15) is 17.5 Å². The van der Waals surface area contributed by atoms with Crippen molar-refractivity contribution in [1.29, 1.82) is 0 Å². The summed E-state index contributed by atoms with van der Waals surface area (Å²) in [7, 11) is 0. The van der Waals surface area contributed by atoms with Gasteiger partial charge in [0, 0.05) is 42.9 Å². The lowest BCUT2D eigenvalue weighted by atomic mass is 9.42. The van der Waals surface area contributed by atoms with Gasteiger partial charge in [0.05, 0.1) is 12.2 Å². The summed E-state index contributed by atoms with van der Waals surface area (Å²) in [6.07, 6.45) is 2.59. The van der Waals surface area contributed by atoms with Gasteiger partial charge in [0.15, 0.2) is 5.78 Å². The second kappa shape index (κ2) is 7.61. The first kappa shape index (κ1) is 24.8. The SMILES string of the molecule is CC(=O)C[C@]1(C)[C@H](OC(C)=O)[C@@H](C)[C@@]2(O)[C@@H](C=C(CO)C[C@]3(O)C(=O)C(C)=C[C@@H]23)C1(C)C. The Balaban J connectivity index is 2.34. The molecule has 1 saturated carbocycles. The summed E-state index contributed by atoms with van der Waals surface area (Å²) in [5.74, 6) is -3.37. The molecule has 0 aromatic heterocycles. The maximum Gasteiger partial charge on any atom is 0.302 e. The number of carbonyl (C=O) groups excluding carboxylic acids is 3. The van der Waals surface area contributed by atoms with Gasteiger partial charge in [0.25, 0.3) is 0 Å². The fourth-order valence-electron chi connectivity index (χ4n) is 6.85. The monoisotopic (exact) mass is 448 g/mol. The molecular formula is C25H36O7. The molecule has 3 N–H and O–H groups in total. The highest BCUT2D eigenvalue weighted by Gasteiger charge is 2.72. The number of aliphatic hydroxyl groups is 3. The second-order valence-electron chi connectivity index (χ2n) is 10.9. The molecule has 0 aromatic rings. The Labute approximate surface area is 189 Å². The fraction of sp³-hybridized carbons (Fsp3) is 0.720. The molecule has 7 heteroatoms. The molecule has 0 aromatic carbocycles. The normalized spacial score (nSPS) is 42.9. The van der Waals surface area contributed by atoms with E-state index >= 15 is 0 Å². The van der Waals surface area contributed by atoms with Crippen molar-refractivity contribution < 1.29 is 34.4 Å². The van der Waals surface area contributed by atoms with E-state index in [0.29, 0.717) is 11.1 Å². The molecule has 7 nitrogen and oxygen atoms in total. The summed E-state index contributed by atoms with van der Waals surface area (Å²) in [5, 5.41) is 34.1. The van der Waals surface area contributed by atoms with E-state index in [0.717, 1.165) is 0 Å². The third-order valence-electron chi connectivity index (χ3n) is 8.75. The van der Waals surface area contributed by atoms with Crippen molar-refractivity contribution in [3.63, 3.8) is 0 Å². The van der Waals surface area contributed by atoms with Crippen molar-refractivity contribution in [2.24, 2.45) is 28.6 Å². The Morgan fingerprint density at radius 2 is 1.72 bits per heavy atom. The van der Waals surface area contributed by atoms with E-state index in [-0.39, 0.29) is 25.2 Å². The number of aliphatic hydroxyl groups excluding tert-OH is 1. The van der Waals surface area contributed by atoms with Crippen molar-refractivity contribution in [2.45, 2.75) is 78.6 Å². The number of ether oxygens (including phenoxy) is 1. The largest absolute Gasteiger partial charge is 0.462 e. The lowest BCUT2D eigenvalue weighted by molar-refractivity contribution is -0.263. The first-order valence-corrected chi connectivity index (χ1v) is 11.2. The van der Waals surface area contributed by atoms with Crippen molar-refractivity contribution in [3.05, 3.63) is 23.3 Å². The highest BCUT2D eigenvalue weighted by molar-refractivity contribution is 6.04. The molecule has 3 aliphatic rings. The number of hydrogen-bond acceptors (Lipinski definition) is 7. The van der Waals surface area contributed by atoms with Crippen LogP contribution >= 0.6 is 0 Å². The smallest absolute Gasteiger partial charge is 0.302 e. The second-order valence-corrected chi connectivity index (χ2v) is 10.9. The van der Waals surface area contributed by atoms with E-state index in [4.69, 9.17) is 4.74 Å². The van der Waals surface area contributed by atoms with E-state index in [9.17, 15) is 29.7 Å². The summed E-state index contributed by atoms with van der Waals surface area (Å²) in [6.45, 7) is 11.5. The van der Waals surface area contributed by atoms with Crippen LogP contribution in [0.5, 0.6) is 0 Å². The van der Waals surface area contributed by atoms with Gasteiger partial charge in [-0.15, -0.1) is 0 Å². The van der Waals surface area contributed by atoms with Crippen LogP contribution in [0.4, 0.5) is 0 Å². The molecule has 3 aliphatic carbocycles. The molecule has 0 bridgehead atoms. The predicted octanol–water partition coefficient (Wildman–Crippen LogP) is 2.13. The number of carbonyl (C=O) groups is 3. The molecule has 7 atom stereocenters. The van der Waals surface area contributed by atoms with Gasteiger partial charge in [-0.05, 0) is 30.4 Å². The van der Waals surface area contributed by atoms with Gasteiger partial charge < -0.3 is 24.9 Å². The molecule has 0 amide bonds. The van der Waals surface area contributed by atoms with Crippen molar-refractivity contribution in [3.8, 4) is 0 Å². The topological polar surface area (TPSA) is 121 Å². The van der Waals surface area contributed by atoms with E-state index < -0.39 is 57.6 Å². The molecular weight excluding hydrogens is 412 g/mol.